The average molecular weight is 382 g/mol. The minimum atomic E-state index is -0.342. The molecule has 4 nitrogen and oxygen atoms in total. The molecule has 122 valence electrons. The first-order valence-electron chi connectivity index (χ1n) is 7.04. The lowest BCUT2D eigenvalue weighted by Gasteiger charge is -2.09. The van der Waals surface area contributed by atoms with Crippen molar-refractivity contribution in [3.63, 3.8) is 0 Å². The zero-order valence-electron chi connectivity index (χ0n) is 12.6. The first-order chi connectivity index (χ1) is 11.1. The van der Waals surface area contributed by atoms with Crippen molar-refractivity contribution in [2.45, 2.75) is 6.54 Å². The average Bonchev–Trinajstić information content (AvgIpc) is 2.56. The van der Waals surface area contributed by atoms with Gasteiger partial charge in [0.05, 0.1) is 6.61 Å². The summed E-state index contributed by atoms with van der Waals surface area (Å²) in [6.07, 6.45) is 0. The van der Waals surface area contributed by atoms with Crippen LogP contribution in [0.1, 0.15) is 15.9 Å². The Hall–Kier alpha value is -1.92. The summed E-state index contributed by atoms with van der Waals surface area (Å²) in [4.78, 5) is 12.2. The third-order valence-electron chi connectivity index (χ3n) is 3.10. The number of benzene rings is 2. The number of amides is 1. The lowest BCUT2D eigenvalue weighted by atomic mass is 10.2. The number of hydrogen-bond donors (Lipinski definition) is 1. The summed E-state index contributed by atoms with van der Waals surface area (Å²) in [7, 11) is 1.60. The molecule has 0 fully saturated rings. The Labute approximate surface area is 142 Å². The van der Waals surface area contributed by atoms with E-state index in [4.69, 9.17) is 9.47 Å². The topological polar surface area (TPSA) is 47.6 Å². The van der Waals surface area contributed by atoms with Crippen LogP contribution in [0.5, 0.6) is 5.75 Å². The Morgan fingerprint density at radius 2 is 2.04 bits per heavy atom. The molecule has 0 aromatic heterocycles. The van der Waals surface area contributed by atoms with Crippen molar-refractivity contribution in [1.82, 2.24) is 5.32 Å². The second kappa shape index (κ2) is 8.64. The Kier molecular flexibility index (Phi) is 6.55. The lowest BCUT2D eigenvalue weighted by molar-refractivity contribution is 0.0950. The number of rotatable bonds is 7. The quantitative estimate of drug-likeness (QED) is 0.746. The van der Waals surface area contributed by atoms with Gasteiger partial charge in [-0.25, -0.2) is 4.39 Å². The maximum absolute atomic E-state index is 13.2. The van der Waals surface area contributed by atoms with Crippen LogP contribution >= 0.6 is 15.9 Å². The first kappa shape index (κ1) is 17.4. The minimum absolute atomic E-state index is 0.228. The van der Waals surface area contributed by atoms with Crippen LogP contribution in [0.2, 0.25) is 0 Å². The molecule has 2 aromatic carbocycles. The maximum Gasteiger partial charge on any atom is 0.251 e. The van der Waals surface area contributed by atoms with Gasteiger partial charge in [0.15, 0.2) is 0 Å². The van der Waals surface area contributed by atoms with E-state index in [1.165, 1.54) is 12.1 Å². The van der Waals surface area contributed by atoms with Crippen molar-refractivity contribution in [2.24, 2.45) is 0 Å². The molecular weight excluding hydrogens is 365 g/mol. The van der Waals surface area contributed by atoms with Gasteiger partial charge in [-0.1, -0.05) is 22.0 Å². The van der Waals surface area contributed by atoms with Crippen LogP contribution in [0.4, 0.5) is 4.39 Å². The van der Waals surface area contributed by atoms with E-state index < -0.39 is 0 Å². The number of halogens is 2. The monoisotopic (exact) mass is 381 g/mol. The number of hydrogen-bond acceptors (Lipinski definition) is 3. The maximum atomic E-state index is 13.2. The molecule has 0 bridgehead atoms. The largest absolute Gasteiger partial charge is 0.491 e. The third-order valence-corrected chi connectivity index (χ3v) is 3.87. The number of carbonyl (C=O) groups is 1. The number of methoxy groups -OCH3 is 1. The summed E-state index contributed by atoms with van der Waals surface area (Å²) in [6, 6.07) is 11.2. The van der Waals surface area contributed by atoms with E-state index in [0.29, 0.717) is 30.1 Å². The Bertz CT molecular complexity index is 679. The minimum Gasteiger partial charge on any atom is -0.491 e. The van der Waals surface area contributed by atoms with E-state index in [1.807, 2.05) is 0 Å². The number of ether oxygens (including phenoxy) is 2. The van der Waals surface area contributed by atoms with Crippen molar-refractivity contribution < 1.29 is 18.7 Å². The Morgan fingerprint density at radius 1 is 1.22 bits per heavy atom. The van der Waals surface area contributed by atoms with Crippen LogP contribution in [0.15, 0.2) is 46.9 Å². The van der Waals surface area contributed by atoms with Gasteiger partial charge in [-0.05, 0) is 42.0 Å². The van der Waals surface area contributed by atoms with Crippen molar-refractivity contribution in [3.05, 3.63) is 63.9 Å². The summed E-state index contributed by atoms with van der Waals surface area (Å²) in [5.41, 5.74) is 1.15. The molecule has 0 atom stereocenters. The third kappa shape index (κ3) is 5.33. The smallest absolute Gasteiger partial charge is 0.251 e. The van der Waals surface area contributed by atoms with Crippen LogP contribution < -0.4 is 10.1 Å². The molecule has 0 aliphatic carbocycles. The first-order valence-corrected chi connectivity index (χ1v) is 7.83. The fraction of sp³-hybridized carbons (Fsp3) is 0.235. The molecule has 1 N–H and O–H groups in total. The van der Waals surface area contributed by atoms with E-state index in [0.717, 1.165) is 4.47 Å². The summed E-state index contributed by atoms with van der Waals surface area (Å²) in [6.45, 7) is 1.12. The second-order valence-electron chi connectivity index (χ2n) is 4.79. The fourth-order valence-electron chi connectivity index (χ4n) is 1.93. The molecule has 0 unspecified atom stereocenters. The van der Waals surface area contributed by atoms with Crippen molar-refractivity contribution >= 4 is 21.8 Å². The fourth-order valence-corrected chi connectivity index (χ4v) is 2.31. The highest BCUT2D eigenvalue weighted by Crippen LogP contribution is 2.18. The van der Waals surface area contributed by atoms with Crippen LogP contribution in [0.25, 0.3) is 0 Å². The molecular formula is C17H17BrFNO3. The molecule has 2 rings (SSSR count). The Balaban J connectivity index is 1.97. The Morgan fingerprint density at radius 3 is 2.83 bits per heavy atom. The van der Waals surface area contributed by atoms with Gasteiger partial charge < -0.3 is 14.8 Å². The molecule has 0 spiro atoms. The van der Waals surface area contributed by atoms with Crippen molar-refractivity contribution in [2.75, 3.05) is 20.3 Å². The summed E-state index contributed by atoms with van der Waals surface area (Å²) < 4.78 is 24.4. The predicted molar refractivity (Wildman–Crippen MR) is 89.1 cm³/mol. The molecule has 0 saturated carbocycles. The van der Waals surface area contributed by atoms with Gasteiger partial charge in [-0.15, -0.1) is 0 Å². The summed E-state index contributed by atoms with van der Waals surface area (Å²) in [5, 5.41) is 2.76. The molecule has 2 aromatic rings. The van der Waals surface area contributed by atoms with Gasteiger partial charge in [-0.3, -0.25) is 4.79 Å². The standard InChI is InChI=1S/C17H17BrFNO3/c1-22-7-8-23-15-4-2-3-12(10-15)17(21)20-11-13-9-14(19)5-6-16(13)18/h2-6,9-10H,7-8,11H2,1H3,(H,20,21). The molecule has 6 heteroatoms. The zero-order chi connectivity index (χ0) is 16.7. The van der Waals surface area contributed by atoms with Crippen LogP contribution in [-0.2, 0) is 11.3 Å². The van der Waals surface area contributed by atoms with Crippen LogP contribution in [0, 0.1) is 5.82 Å². The molecule has 0 radical (unpaired) electrons. The summed E-state index contributed by atoms with van der Waals surface area (Å²) in [5.74, 6) is 0.00554. The molecule has 23 heavy (non-hydrogen) atoms. The highest BCUT2D eigenvalue weighted by atomic mass is 79.9. The van der Waals surface area contributed by atoms with Gasteiger partial charge >= 0.3 is 0 Å². The SMILES string of the molecule is COCCOc1cccc(C(=O)NCc2cc(F)ccc2Br)c1. The van der Waals surface area contributed by atoms with Gasteiger partial charge in [0.2, 0.25) is 0 Å². The summed E-state index contributed by atoms with van der Waals surface area (Å²) >= 11 is 3.33. The lowest BCUT2D eigenvalue weighted by Crippen LogP contribution is -2.23. The second-order valence-corrected chi connectivity index (χ2v) is 5.64. The van der Waals surface area contributed by atoms with E-state index >= 15 is 0 Å². The molecule has 0 saturated heterocycles. The molecule has 0 aliphatic heterocycles. The van der Waals surface area contributed by atoms with E-state index in [9.17, 15) is 9.18 Å². The normalized spacial score (nSPS) is 10.4. The van der Waals surface area contributed by atoms with Crippen molar-refractivity contribution in [1.29, 1.82) is 0 Å². The van der Waals surface area contributed by atoms with E-state index in [-0.39, 0.29) is 18.3 Å². The van der Waals surface area contributed by atoms with Crippen LogP contribution in [-0.4, -0.2) is 26.2 Å². The van der Waals surface area contributed by atoms with E-state index in [2.05, 4.69) is 21.2 Å². The van der Waals surface area contributed by atoms with Gasteiger partial charge in [-0.2, -0.15) is 0 Å². The van der Waals surface area contributed by atoms with Gasteiger partial charge in [0.25, 0.3) is 5.91 Å². The van der Waals surface area contributed by atoms with Gasteiger partial charge in [0, 0.05) is 23.7 Å². The van der Waals surface area contributed by atoms with E-state index in [1.54, 1.807) is 37.4 Å². The highest BCUT2D eigenvalue weighted by Gasteiger charge is 2.08. The van der Waals surface area contributed by atoms with Crippen molar-refractivity contribution in [3.8, 4) is 5.75 Å². The number of nitrogens with one attached hydrogen (secondary N) is 1. The zero-order valence-corrected chi connectivity index (χ0v) is 14.2. The highest BCUT2D eigenvalue weighted by molar-refractivity contribution is 9.10. The molecule has 0 aliphatic rings. The molecule has 1 amide bonds. The predicted octanol–water partition coefficient (Wildman–Crippen LogP) is 3.54. The van der Waals surface area contributed by atoms with Crippen LogP contribution in [0.3, 0.4) is 0 Å². The van der Waals surface area contributed by atoms with Gasteiger partial charge in [0.1, 0.15) is 18.2 Å². The molecule has 0 heterocycles. The number of carbonyl (C=O) groups excluding carboxylic acids is 1.